The highest BCUT2D eigenvalue weighted by Gasteiger charge is 2.23. The first-order chi connectivity index (χ1) is 15.2. The Bertz CT molecular complexity index is 1010. The van der Waals surface area contributed by atoms with Crippen molar-refractivity contribution in [2.24, 2.45) is 0 Å². The number of ether oxygens (including phenoxy) is 1. The maximum Gasteiger partial charge on any atom is 0.376 e. The van der Waals surface area contributed by atoms with Crippen molar-refractivity contribution in [3.8, 4) is 11.3 Å². The molecular weight excluding hydrogens is 391 g/mol. The van der Waals surface area contributed by atoms with Gasteiger partial charge in [-0.2, -0.15) is 0 Å². The Balaban J connectivity index is 1.33. The van der Waals surface area contributed by atoms with Crippen molar-refractivity contribution >= 4 is 23.8 Å². The largest absolute Gasteiger partial charge is 0.437 e. The van der Waals surface area contributed by atoms with Crippen LogP contribution in [0.5, 0.6) is 0 Å². The zero-order valence-corrected chi connectivity index (χ0v) is 18.0. The Labute approximate surface area is 183 Å². The summed E-state index contributed by atoms with van der Waals surface area (Å²) in [4.78, 5) is 19.7. The standard InChI is InChI=1S/C22H29BN6O2/c1-23(30)29-8-6-28(7-9-29)21-3-2-17(15-25-21)22-19-14-18(26-20(19)4-5-24-22)16-27-10-12-31-13-11-27/h2-5,14-15,26,30H,6-13,16H2,1H3. The molecule has 3 aromatic heterocycles. The zero-order valence-electron chi connectivity index (χ0n) is 18.0. The van der Waals surface area contributed by atoms with Gasteiger partial charge >= 0.3 is 7.05 Å². The topological polar surface area (TPSA) is 80.8 Å². The van der Waals surface area contributed by atoms with Crippen LogP contribution in [0.15, 0.2) is 36.7 Å². The number of fused-ring (bicyclic) bond motifs is 1. The number of piperazine rings is 1. The number of aromatic amines is 1. The lowest BCUT2D eigenvalue weighted by molar-refractivity contribution is 0.0337. The maximum absolute atomic E-state index is 9.75. The van der Waals surface area contributed by atoms with Crippen LogP contribution in [0.4, 0.5) is 5.82 Å². The number of nitrogens with zero attached hydrogens (tertiary/aromatic N) is 5. The quantitative estimate of drug-likeness (QED) is 0.608. The normalized spacial score (nSPS) is 18.6. The van der Waals surface area contributed by atoms with E-state index in [1.807, 2.05) is 25.3 Å². The number of hydrogen-bond acceptors (Lipinski definition) is 7. The van der Waals surface area contributed by atoms with Gasteiger partial charge in [0.05, 0.1) is 18.9 Å². The second-order valence-corrected chi connectivity index (χ2v) is 8.36. The molecule has 8 nitrogen and oxygen atoms in total. The SMILES string of the molecule is CB(O)N1CCN(c2ccc(-c3nccc4[nH]c(CN5CCOCC5)cc34)cn2)CC1. The second-order valence-electron chi connectivity index (χ2n) is 8.36. The zero-order chi connectivity index (χ0) is 21.2. The highest BCUT2D eigenvalue weighted by Crippen LogP contribution is 2.28. The third-order valence-electron chi connectivity index (χ3n) is 6.29. The fourth-order valence-corrected chi connectivity index (χ4v) is 4.46. The molecule has 0 aromatic carbocycles. The fourth-order valence-electron chi connectivity index (χ4n) is 4.46. The average molecular weight is 420 g/mol. The van der Waals surface area contributed by atoms with Crippen LogP contribution < -0.4 is 4.90 Å². The summed E-state index contributed by atoms with van der Waals surface area (Å²) in [6, 6.07) is 8.44. The minimum absolute atomic E-state index is 0.390. The van der Waals surface area contributed by atoms with E-state index in [0.29, 0.717) is 0 Å². The molecule has 0 saturated carbocycles. The molecule has 0 amide bonds. The number of anilines is 1. The van der Waals surface area contributed by atoms with E-state index in [-0.39, 0.29) is 0 Å². The molecule has 162 valence electrons. The van der Waals surface area contributed by atoms with Gasteiger partial charge in [-0.1, -0.05) is 0 Å². The van der Waals surface area contributed by atoms with Gasteiger partial charge in [0.15, 0.2) is 0 Å². The summed E-state index contributed by atoms with van der Waals surface area (Å²) in [7, 11) is -0.390. The molecule has 2 fully saturated rings. The van der Waals surface area contributed by atoms with Crippen molar-refractivity contribution in [1.82, 2.24) is 24.7 Å². The predicted molar refractivity (Wildman–Crippen MR) is 123 cm³/mol. The number of nitrogens with one attached hydrogen (secondary N) is 1. The fraction of sp³-hybridized carbons (Fsp3) is 0.455. The Morgan fingerprint density at radius 1 is 1.06 bits per heavy atom. The molecule has 5 heterocycles. The molecule has 0 spiro atoms. The van der Waals surface area contributed by atoms with Crippen LogP contribution in [0.3, 0.4) is 0 Å². The van der Waals surface area contributed by atoms with Crippen molar-refractivity contribution in [3.05, 3.63) is 42.4 Å². The van der Waals surface area contributed by atoms with Gasteiger partial charge in [0.25, 0.3) is 0 Å². The first-order valence-electron chi connectivity index (χ1n) is 11.1. The molecule has 2 N–H and O–H groups in total. The second kappa shape index (κ2) is 8.96. The third kappa shape index (κ3) is 4.45. The van der Waals surface area contributed by atoms with Crippen LogP contribution in [-0.2, 0) is 11.3 Å². The number of morpholine rings is 1. The van der Waals surface area contributed by atoms with Gasteiger partial charge in [0.1, 0.15) is 5.82 Å². The Morgan fingerprint density at radius 3 is 2.58 bits per heavy atom. The lowest BCUT2D eigenvalue weighted by Crippen LogP contribution is -2.51. The van der Waals surface area contributed by atoms with Crippen LogP contribution in [0, 0.1) is 0 Å². The summed E-state index contributed by atoms with van der Waals surface area (Å²) >= 11 is 0. The van der Waals surface area contributed by atoms with E-state index < -0.39 is 7.05 Å². The van der Waals surface area contributed by atoms with E-state index in [4.69, 9.17) is 9.72 Å². The van der Waals surface area contributed by atoms with Crippen molar-refractivity contribution in [2.45, 2.75) is 13.4 Å². The number of rotatable bonds is 5. The predicted octanol–water partition coefficient (Wildman–Crippen LogP) is 1.69. The summed E-state index contributed by atoms with van der Waals surface area (Å²) < 4.78 is 5.46. The van der Waals surface area contributed by atoms with Crippen LogP contribution in [0.2, 0.25) is 6.82 Å². The van der Waals surface area contributed by atoms with E-state index in [0.717, 1.165) is 87.0 Å². The Morgan fingerprint density at radius 2 is 1.87 bits per heavy atom. The van der Waals surface area contributed by atoms with Gasteiger partial charge in [-0.15, -0.1) is 0 Å². The van der Waals surface area contributed by atoms with Crippen LogP contribution in [0.25, 0.3) is 22.2 Å². The van der Waals surface area contributed by atoms with Crippen molar-refractivity contribution in [1.29, 1.82) is 0 Å². The first-order valence-corrected chi connectivity index (χ1v) is 11.1. The van der Waals surface area contributed by atoms with Crippen LogP contribution >= 0.6 is 0 Å². The summed E-state index contributed by atoms with van der Waals surface area (Å²) in [5, 5.41) is 10.9. The van der Waals surface area contributed by atoms with Gasteiger partial charge in [-0.25, -0.2) is 4.98 Å². The third-order valence-corrected chi connectivity index (χ3v) is 6.29. The lowest BCUT2D eigenvalue weighted by Gasteiger charge is -2.35. The van der Waals surface area contributed by atoms with Gasteiger partial charge in [-0.05, 0) is 31.1 Å². The Hall–Kier alpha value is -2.46. The molecule has 2 aliphatic rings. The van der Waals surface area contributed by atoms with E-state index >= 15 is 0 Å². The molecular formula is C22H29BN6O2. The summed E-state index contributed by atoms with van der Waals surface area (Å²) in [5.74, 6) is 0.975. The molecule has 9 heteroatoms. The molecule has 0 aliphatic carbocycles. The van der Waals surface area contributed by atoms with Crippen LogP contribution in [-0.4, -0.2) is 89.2 Å². The van der Waals surface area contributed by atoms with Gasteiger partial charge < -0.3 is 24.5 Å². The summed E-state index contributed by atoms with van der Waals surface area (Å²) in [6.45, 7) is 9.69. The Kier molecular flexibility index (Phi) is 5.91. The highest BCUT2D eigenvalue weighted by atomic mass is 16.5. The summed E-state index contributed by atoms with van der Waals surface area (Å²) in [6.07, 6.45) is 3.78. The lowest BCUT2D eigenvalue weighted by atomic mass is 9.84. The molecule has 0 atom stereocenters. The minimum Gasteiger partial charge on any atom is -0.437 e. The van der Waals surface area contributed by atoms with E-state index in [2.05, 4.69) is 42.8 Å². The first kappa shape index (κ1) is 20.4. The molecule has 31 heavy (non-hydrogen) atoms. The molecule has 2 aliphatic heterocycles. The van der Waals surface area contributed by atoms with Crippen LogP contribution in [0.1, 0.15) is 5.69 Å². The van der Waals surface area contributed by atoms with Crippen molar-refractivity contribution in [2.75, 3.05) is 57.4 Å². The minimum atomic E-state index is -0.390. The number of pyridine rings is 2. The molecule has 3 aromatic rings. The molecule has 0 bridgehead atoms. The van der Waals surface area contributed by atoms with Gasteiger partial charge in [-0.3, -0.25) is 9.88 Å². The summed E-state index contributed by atoms with van der Waals surface area (Å²) in [5.41, 5.74) is 4.28. The van der Waals surface area contributed by atoms with Crippen molar-refractivity contribution in [3.63, 3.8) is 0 Å². The number of H-pyrrole nitrogens is 1. The highest BCUT2D eigenvalue weighted by molar-refractivity contribution is 6.45. The smallest absolute Gasteiger partial charge is 0.376 e. The molecule has 5 rings (SSSR count). The van der Waals surface area contributed by atoms with Gasteiger partial charge in [0, 0.05) is 80.4 Å². The molecule has 0 radical (unpaired) electrons. The average Bonchev–Trinajstić information content (AvgIpc) is 3.22. The van der Waals surface area contributed by atoms with Gasteiger partial charge in [0.2, 0.25) is 0 Å². The monoisotopic (exact) mass is 420 g/mol. The van der Waals surface area contributed by atoms with E-state index in [9.17, 15) is 5.02 Å². The molecule has 2 saturated heterocycles. The molecule has 0 unspecified atom stereocenters. The van der Waals surface area contributed by atoms with E-state index in [1.54, 1.807) is 0 Å². The number of aromatic nitrogens is 3. The number of hydrogen-bond donors (Lipinski definition) is 2. The van der Waals surface area contributed by atoms with Crippen molar-refractivity contribution < 1.29 is 9.76 Å². The maximum atomic E-state index is 9.75. The van der Waals surface area contributed by atoms with E-state index in [1.165, 1.54) is 5.69 Å².